The highest BCUT2D eigenvalue weighted by molar-refractivity contribution is 6.30. The van der Waals surface area contributed by atoms with E-state index in [2.05, 4.69) is 38.0 Å². The minimum atomic E-state index is 0.771. The van der Waals surface area contributed by atoms with E-state index in [1.54, 1.807) is 6.33 Å². The highest BCUT2D eigenvalue weighted by atomic mass is 35.5. The molecular formula is C14H18ClN5. The summed E-state index contributed by atoms with van der Waals surface area (Å²) in [5.74, 6) is 1.01. The molecule has 106 valence electrons. The number of nitrogens with zero attached hydrogens (tertiary/aromatic N) is 4. The number of nitrogens with one attached hydrogen (secondary N) is 1. The Morgan fingerprint density at radius 1 is 1.35 bits per heavy atom. The van der Waals surface area contributed by atoms with Gasteiger partial charge in [-0.3, -0.25) is 0 Å². The predicted octanol–water partition coefficient (Wildman–Crippen LogP) is 2.06. The fourth-order valence-electron chi connectivity index (χ4n) is 2.51. The van der Waals surface area contributed by atoms with Crippen LogP contribution in [0, 0.1) is 0 Å². The first kappa shape index (κ1) is 13.4. The minimum Gasteiger partial charge on any atom is -0.362 e. The summed E-state index contributed by atoms with van der Waals surface area (Å²) in [5.41, 5.74) is 2.46. The Labute approximate surface area is 123 Å². The fourth-order valence-corrected chi connectivity index (χ4v) is 2.68. The van der Waals surface area contributed by atoms with E-state index in [9.17, 15) is 0 Å². The van der Waals surface area contributed by atoms with Crippen LogP contribution in [0.2, 0.25) is 5.02 Å². The summed E-state index contributed by atoms with van der Waals surface area (Å²) in [6, 6.07) is 6.09. The molecule has 5 nitrogen and oxygen atoms in total. The summed E-state index contributed by atoms with van der Waals surface area (Å²) in [7, 11) is 0. The van der Waals surface area contributed by atoms with Crippen LogP contribution in [-0.2, 0) is 19.6 Å². The molecule has 0 atom stereocenters. The molecule has 1 aromatic heterocycles. The van der Waals surface area contributed by atoms with Gasteiger partial charge in [-0.2, -0.15) is 0 Å². The first-order chi connectivity index (χ1) is 9.78. The van der Waals surface area contributed by atoms with Gasteiger partial charge in [-0.15, -0.1) is 10.2 Å². The van der Waals surface area contributed by atoms with Gasteiger partial charge in [0.1, 0.15) is 6.33 Å². The lowest BCUT2D eigenvalue weighted by atomic mass is 10.1. The van der Waals surface area contributed by atoms with Crippen molar-refractivity contribution in [2.75, 3.05) is 18.0 Å². The van der Waals surface area contributed by atoms with Gasteiger partial charge in [0.15, 0.2) is 5.82 Å². The van der Waals surface area contributed by atoms with Crippen molar-refractivity contribution in [3.8, 4) is 0 Å². The van der Waals surface area contributed by atoms with E-state index < -0.39 is 0 Å². The zero-order valence-corrected chi connectivity index (χ0v) is 12.3. The van der Waals surface area contributed by atoms with Gasteiger partial charge in [-0.1, -0.05) is 24.6 Å². The van der Waals surface area contributed by atoms with Crippen molar-refractivity contribution in [1.82, 2.24) is 20.1 Å². The molecule has 1 aliphatic rings. The number of fused-ring (bicyclic) bond motifs is 1. The van der Waals surface area contributed by atoms with Gasteiger partial charge < -0.3 is 14.8 Å². The van der Waals surface area contributed by atoms with Crippen LogP contribution in [0.4, 0.5) is 5.69 Å². The minimum absolute atomic E-state index is 0.771. The summed E-state index contributed by atoms with van der Waals surface area (Å²) in [6.45, 7) is 6.56. The highest BCUT2D eigenvalue weighted by Crippen LogP contribution is 2.27. The molecule has 0 unspecified atom stereocenters. The maximum atomic E-state index is 6.17. The zero-order valence-electron chi connectivity index (χ0n) is 11.5. The Morgan fingerprint density at radius 2 is 2.25 bits per heavy atom. The molecule has 0 aliphatic carbocycles. The van der Waals surface area contributed by atoms with Crippen molar-refractivity contribution >= 4 is 17.3 Å². The summed E-state index contributed by atoms with van der Waals surface area (Å²) in [5, 5.41) is 12.3. The maximum Gasteiger partial charge on any atom is 0.152 e. The van der Waals surface area contributed by atoms with Crippen LogP contribution in [-0.4, -0.2) is 27.9 Å². The number of anilines is 1. The summed E-state index contributed by atoms with van der Waals surface area (Å²) in [4.78, 5) is 2.32. The third-order valence-electron chi connectivity index (χ3n) is 3.59. The molecule has 6 heteroatoms. The van der Waals surface area contributed by atoms with E-state index in [0.29, 0.717) is 0 Å². The molecule has 0 bridgehead atoms. The Kier molecular flexibility index (Phi) is 3.89. The van der Waals surface area contributed by atoms with Crippen molar-refractivity contribution in [3.05, 3.63) is 40.9 Å². The molecule has 0 saturated carbocycles. The second-order valence-corrected chi connectivity index (χ2v) is 5.35. The van der Waals surface area contributed by atoms with Crippen molar-refractivity contribution in [2.45, 2.75) is 26.6 Å². The van der Waals surface area contributed by atoms with E-state index >= 15 is 0 Å². The quantitative estimate of drug-likeness (QED) is 0.937. The number of benzene rings is 1. The van der Waals surface area contributed by atoms with E-state index in [1.165, 1.54) is 11.3 Å². The van der Waals surface area contributed by atoms with Gasteiger partial charge in [0.25, 0.3) is 0 Å². The van der Waals surface area contributed by atoms with Crippen LogP contribution < -0.4 is 10.2 Å². The van der Waals surface area contributed by atoms with Crippen molar-refractivity contribution in [2.24, 2.45) is 0 Å². The van der Waals surface area contributed by atoms with Gasteiger partial charge >= 0.3 is 0 Å². The van der Waals surface area contributed by atoms with Crippen molar-refractivity contribution < 1.29 is 0 Å². The van der Waals surface area contributed by atoms with Crippen LogP contribution in [0.15, 0.2) is 24.5 Å². The van der Waals surface area contributed by atoms with Gasteiger partial charge in [-0.05, 0) is 24.2 Å². The lowest BCUT2D eigenvalue weighted by Gasteiger charge is -2.31. The van der Waals surface area contributed by atoms with E-state index in [-0.39, 0.29) is 0 Å². The number of rotatable bonds is 4. The van der Waals surface area contributed by atoms with Crippen LogP contribution in [0.5, 0.6) is 0 Å². The predicted molar refractivity (Wildman–Crippen MR) is 79.9 cm³/mol. The molecule has 0 spiro atoms. The average Bonchev–Trinajstić information content (AvgIpc) is 2.93. The third-order valence-corrected chi connectivity index (χ3v) is 3.83. The fraction of sp³-hybridized carbons (Fsp3) is 0.429. The molecule has 1 N–H and O–H groups in total. The number of hydrogen-bond donors (Lipinski definition) is 1. The molecule has 0 saturated heterocycles. The second-order valence-electron chi connectivity index (χ2n) is 4.92. The van der Waals surface area contributed by atoms with Crippen molar-refractivity contribution in [3.63, 3.8) is 0 Å². The molecule has 0 radical (unpaired) electrons. The summed E-state index contributed by atoms with van der Waals surface area (Å²) < 4.78 is 2.10. The lowest BCUT2D eigenvalue weighted by Crippen LogP contribution is -2.34. The average molecular weight is 292 g/mol. The van der Waals surface area contributed by atoms with E-state index in [1.807, 2.05) is 12.1 Å². The van der Waals surface area contributed by atoms with Crippen LogP contribution in [0.3, 0.4) is 0 Å². The van der Waals surface area contributed by atoms with E-state index in [0.717, 1.165) is 43.6 Å². The van der Waals surface area contributed by atoms with Gasteiger partial charge in [-0.25, -0.2) is 0 Å². The molecule has 0 fully saturated rings. The van der Waals surface area contributed by atoms with Crippen LogP contribution >= 0.6 is 11.6 Å². The standard InChI is InChI=1S/C14H18ClN5/c1-2-16-8-11-3-4-12(15)7-13(11)19-5-6-20-10-17-18-14(20)9-19/h3-4,7,10,16H,2,5-6,8-9H2,1H3. The Morgan fingerprint density at radius 3 is 3.10 bits per heavy atom. The Hall–Kier alpha value is -1.59. The van der Waals surface area contributed by atoms with Crippen molar-refractivity contribution in [1.29, 1.82) is 0 Å². The molecule has 2 heterocycles. The smallest absolute Gasteiger partial charge is 0.152 e. The normalized spacial score (nSPS) is 14.4. The number of halogens is 1. The largest absolute Gasteiger partial charge is 0.362 e. The first-order valence-corrected chi connectivity index (χ1v) is 7.26. The van der Waals surface area contributed by atoms with Gasteiger partial charge in [0.2, 0.25) is 0 Å². The van der Waals surface area contributed by atoms with Gasteiger partial charge in [0.05, 0.1) is 6.54 Å². The lowest BCUT2D eigenvalue weighted by molar-refractivity contribution is 0.557. The zero-order chi connectivity index (χ0) is 13.9. The molecule has 3 rings (SSSR count). The topological polar surface area (TPSA) is 46.0 Å². The second kappa shape index (κ2) is 5.81. The Bertz CT molecular complexity index is 595. The monoisotopic (exact) mass is 291 g/mol. The molecule has 2 aromatic rings. The number of aromatic nitrogens is 3. The van der Waals surface area contributed by atoms with Crippen LogP contribution in [0.1, 0.15) is 18.3 Å². The third kappa shape index (κ3) is 2.64. The van der Waals surface area contributed by atoms with E-state index in [4.69, 9.17) is 11.6 Å². The molecule has 20 heavy (non-hydrogen) atoms. The molecular weight excluding hydrogens is 274 g/mol. The van der Waals surface area contributed by atoms with Crippen LogP contribution in [0.25, 0.3) is 0 Å². The SMILES string of the molecule is CCNCc1ccc(Cl)cc1N1CCn2cnnc2C1. The molecule has 1 aromatic carbocycles. The number of hydrogen-bond acceptors (Lipinski definition) is 4. The maximum absolute atomic E-state index is 6.17. The molecule has 0 amide bonds. The Balaban J connectivity index is 1.87. The highest BCUT2D eigenvalue weighted by Gasteiger charge is 2.19. The first-order valence-electron chi connectivity index (χ1n) is 6.88. The molecule has 1 aliphatic heterocycles. The van der Waals surface area contributed by atoms with Gasteiger partial charge in [0, 0.05) is 30.3 Å². The summed E-state index contributed by atoms with van der Waals surface area (Å²) in [6.07, 6.45) is 1.80. The summed E-state index contributed by atoms with van der Waals surface area (Å²) >= 11 is 6.17.